The molecule has 2 aromatic rings. The fourth-order valence-corrected chi connectivity index (χ4v) is 2.44. The summed E-state index contributed by atoms with van der Waals surface area (Å²) in [5.74, 6) is -1.36. The summed E-state index contributed by atoms with van der Waals surface area (Å²) in [5, 5.41) is 0. The summed E-state index contributed by atoms with van der Waals surface area (Å²) < 4.78 is 40.9. The van der Waals surface area contributed by atoms with Gasteiger partial charge in [-0.2, -0.15) is 0 Å². The summed E-state index contributed by atoms with van der Waals surface area (Å²) >= 11 is 3.29. The Morgan fingerprint density at radius 2 is 1.47 bits per heavy atom. The van der Waals surface area contributed by atoms with Crippen LogP contribution in [0.2, 0.25) is 0 Å². The van der Waals surface area contributed by atoms with Gasteiger partial charge in [-0.1, -0.05) is 28.1 Å². The fraction of sp³-hybridized carbons (Fsp3) is 0.200. The van der Waals surface area contributed by atoms with E-state index in [4.69, 9.17) is 0 Å². The first-order valence-electron chi connectivity index (χ1n) is 5.76. The topological polar surface area (TPSA) is 0 Å². The lowest BCUT2D eigenvalue weighted by Gasteiger charge is -2.13. The number of rotatable bonds is 2. The van der Waals surface area contributed by atoms with Crippen molar-refractivity contribution in [2.45, 2.75) is 18.7 Å². The molecule has 19 heavy (non-hydrogen) atoms. The van der Waals surface area contributed by atoms with Crippen LogP contribution < -0.4 is 0 Å². The summed E-state index contributed by atoms with van der Waals surface area (Å²) in [6, 6.07) is 6.91. The minimum Gasteiger partial charge on any atom is -0.207 e. The lowest BCUT2D eigenvalue weighted by Crippen LogP contribution is -2.00. The van der Waals surface area contributed by atoms with Gasteiger partial charge < -0.3 is 0 Å². The maximum Gasteiger partial charge on any atom is 0.128 e. The lowest BCUT2D eigenvalue weighted by atomic mass is 10.0. The third-order valence-electron chi connectivity index (χ3n) is 3.04. The molecule has 2 rings (SSSR count). The van der Waals surface area contributed by atoms with Gasteiger partial charge in [-0.05, 0) is 48.7 Å². The van der Waals surface area contributed by atoms with Crippen LogP contribution in [-0.4, -0.2) is 0 Å². The van der Waals surface area contributed by atoms with Crippen LogP contribution in [0.3, 0.4) is 0 Å². The first kappa shape index (κ1) is 14.1. The smallest absolute Gasteiger partial charge is 0.128 e. The highest BCUT2D eigenvalue weighted by Crippen LogP contribution is 2.34. The van der Waals surface area contributed by atoms with Gasteiger partial charge in [0.15, 0.2) is 0 Å². The molecule has 2 aromatic carbocycles. The molecule has 0 aliphatic rings. The van der Waals surface area contributed by atoms with Crippen LogP contribution in [0.5, 0.6) is 0 Å². The highest BCUT2D eigenvalue weighted by Gasteiger charge is 2.18. The highest BCUT2D eigenvalue weighted by molar-refractivity contribution is 9.09. The number of alkyl halides is 1. The zero-order valence-electron chi connectivity index (χ0n) is 10.5. The molecule has 0 N–H and O–H groups in total. The van der Waals surface area contributed by atoms with Crippen molar-refractivity contribution < 1.29 is 13.2 Å². The molecule has 0 aromatic heterocycles. The highest BCUT2D eigenvalue weighted by atomic mass is 79.9. The second-order valence-electron chi connectivity index (χ2n) is 4.49. The van der Waals surface area contributed by atoms with Crippen molar-refractivity contribution in [3.8, 4) is 0 Å². The molecule has 0 saturated heterocycles. The quantitative estimate of drug-likeness (QED) is 0.664. The molecule has 0 spiro atoms. The average Bonchev–Trinajstić information content (AvgIpc) is 2.36. The standard InChI is InChI=1S/C15H12BrF3/c1-8-3-4-10(6-12(8)17)15(16)11-7-13(18)9(2)5-14(11)19/h3-7,15H,1-2H3. The SMILES string of the molecule is Cc1ccc(C(Br)c2cc(F)c(C)cc2F)cc1F. The zero-order chi connectivity index (χ0) is 14.2. The van der Waals surface area contributed by atoms with Gasteiger partial charge in [0, 0.05) is 5.56 Å². The van der Waals surface area contributed by atoms with Crippen LogP contribution in [0.1, 0.15) is 27.1 Å². The zero-order valence-corrected chi connectivity index (χ0v) is 12.1. The second kappa shape index (κ2) is 5.37. The van der Waals surface area contributed by atoms with E-state index in [1.165, 1.54) is 13.0 Å². The largest absolute Gasteiger partial charge is 0.207 e. The van der Waals surface area contributed by atoms with Crippen molar-refractivity contribution in [2.75, 3.05) is 0 Å². The molecular formula is C15H12BrF3. The maximum atomic E-state index is 13.9. The monoisotopic (exact) mass is 328 g/mol. The summed E-state index contributed by atoms with van der Waals surface area (Å²) in [6.07, 6.45) is 0. The molecule has 0 aliphatic heterocycles. The molecule has 1 unspecified atom stereocenters. The molecule has 0 amide bonds. The van der Waals surface area contributed by atoms with Crippen molar-refractivity contribution in [2.24, 2.45) is 0 Å². The molecule has 4 heteroatoms. The Hall–Kier alpha value is -1.29. The third kappa shape index (κ3) is 2.84. The molecule has 0 nitrogen and oxygen atoms in total. The minimum atomic E-state index is -0.585. The van der Waals surface area contributed by atoms with E-state index in [2.05, 4.69) is 15.9 Å². The number of hydrogen-bond acceptors (Lipinski definition) is 0. The van der Waals surface area contributed by atoms with Crippen molar-refractivity contribution >= 4 is 15.9 Å². The van der Waals surface area contributed by atoms with Crippen LogP contribution in [0.15, 0.2) is 30.3 Å². The summed E-state index contributed by atoms with van der Waals surface area (Å²) in [5.41, 5.74) is 1.46. The molecule has 1 atom stereocenters. The van der Waals surface area contributed by atoms with Gasteiger partial charge in [0.1, 0.15) is 17.5 Å². The van der Waals surface area contributed by atoms with Gasteiger partial charge in [-0.25, -0.2) is 13.2 Å². The van der Waals surface area contributed by atoms with E-state index in [0.717, 1.165) is 12.1 Å². The van der Waals surface area contributed by atoms with E-state index in [1.54, 1.807) is 19.1 Å². The lowest BCUT2D eigenvalue weighted by molar-refractivity contribution is 0.580. The normalized spacial score (nSPS) is 12.5. The van der Waals surface area contributed by atoms with Crippen LogP contribution >= 0.6 is 15.9 Å². The van der Waals surface area contributed by atoms with Crippen LogP contribution in [0, 0.1) is 31.3 Å². The second-order valence-corrected chi connectivity index (χ2v) is 5.41. The maximum absolute atomic E-state index is 13.9. The predicted octanol–water partition coefficient (Wildman–Crippen LogP) is 5.21. The summed E-state index contributed by atoms with van der Waals surface area (Å²) in [7, 11) is 0. The van der Waals surface area contributed by atoms with E-state index in [0.29, 0.717) is 11.1 Å². The van der Waals surface area contributed by atoms with Crippen molar-refractivity contribution in [1.82, 2.24) is 0 Å². The number of halogens is 4. The molecule has 0 radical (unpaired) electrons. The fourth-order valence-electron chi connectivity index (χ4n) is 1.80. The molecule has 0 saturated carbocycles. The van der Waals surface area contributed by atoms with E-state index in [1.807, 2.05) is 0 Å². The molecule has 0 fully saturated rings. The Morgan fingerprint density at radius 3 is 2.11 bits per heavy atom. The van der Waals surface area contributed by atoms with Gasteiger partial charge in [0.05, 0.1) is 4.83 Å². The molecule has 100 valence electrons. The molecular weight excluding hydrogens is 317 g/mol. The third-order valence-corrected chi connectivity index (χ3v) is 4.06. The van der Waals surface area contributed by atoms with Crippen LogP contribution in [0.4, 0.5) is 13.2 Å². The van der Waals surface area contributed by atoms with Gasteiger partial charge in [0.2, 0.25) is 0 Å². The predicted molar refractivity (Wildman–Crippen MR) is 73.0 cm³/mol. The van der Waals surface area contributed by atoms with Gasteiger partial charge in [0.25, 0.3) is 0 Å². The van der Waals surface area contributed by atoms with Crippen LogP contribution in [0.25, 0.3) is 0 Å². The minimum absolute atomic E-state index is 0.159. The molecule has 0 aliphatic carbocycles. The van der Waals surface area contributed by atoms with Crippen molar-refractivity contribution in [3.05, 3.63) is 70.0 Å². The Bertz CT molecular complexity index is 623. The van der Waals surface area contributed by atoms with Gasteiger partial charge in [-0.3, -0.25) is 0 Å². The van der Waals surface area contributed by atoms with E-state index < -0.39 is 16.5 Å². The first-order valence-corrected chi connectivity index (χ1v) is 6.67. The summed E-state index contributed by atoms with van der Waals surface area (Å²) in [4.78, 5) is -0.585. The number of hydrogen-bond donors (Lipinski definition) is 0. The number of benzene rings is 2. The van der Waals surface area contributed by atoms with Crippen molar-refractivity contribution in [3.63, 3.8) is 0 Å². The Labute approximate surface area is 118 Å². The Balaban J connectivity index is 2.46. The van der Waals surface area contributed by atoms with E-state index in [-0.39, 0.29) is 16.9 Å². The molecule has 0 bridgehead atoms. The van der Waals surface area contributed by atoms with E-state index >= 15 is 0 Å². The number of aryl methyl sites for hydroxylation is 2. The van der Waals surface area contributed by atoms with E-state index in [9.17, 15) is 13.2 Å². The van der Waals surface area contributed by atoms with Gasteiger partial charge >= 0.3 is 0 Å². The first-order chi connectivity index (χ1) is 8.90. The molecule has 0 heterocycles. The van der Waals surface area contributed by atoms with Crippen molar-refractivity contribution in [1.29, 1.82) is 0 Å². The van der Waals surface area contributed by atoms with Gasteiger partial charge in [-0.15, -0.1) is 0 Å². The summed E-state index contributed by atoms with van der Waals surface area (Å²) in [6.45, 7) is 3.14. The Morgan fingerprint density at radius 1 is 0.842 bits per heavy atom. The van der Waals surface area contributed by atoms with Crippen LogP contribution in [-0.2, 0) is 0 Å². The average molecular weight is 329 g/mol. The Kier molecular flexibility index (Phi) is 3.99.